The number of halogens is 1. The number of nitrogens with zero attached hydrogens (tertiary/aromatic N) is 1. The molecule has 6 nitrogen and oxygen atoms in total. The molecular formula is C15H18FNO5. The van der Waals surface area contributed by atoms with Crippen molar-refractivity contribution in [2.24, 2.45) is 0 Å². The molecule has 1 unspecified atom stereocenters. The number of rotatable bonds is 5. The highest BCUT2D eigenvalue weighted by Gasteiger charge is 2.32. The Bertz CT molecular complexity index is 563. The lowest BCUT2D eigenvalue weighted by Gasteiger charge is -2.32. The number of morpholine rings is 1. The van der Waals surface area contributed by atoms with Crippen LogP contribution in [0.2, 0.25) is 0 Å². The van der Waals surface area contributed by atoms with Gasteiger partial charge < -0.3 is 19.5 Å². The van der Waals surface area contributed by atoms with E-state index in [-0.39, 0.29) is 37.6 Å². The van der Waals surface area contributed by atoms with E-state index in [1.165, 1.54) is 18.1 Å². The predicted molar refractivity (Wildman–Crippen MR) is 75.2 cm³/mol. The van der Waals surface area contributed by atoms with Gasteiger partial charge in [-0.05, 0) is 18.1 Å². The van der Waals surface area contributed by atoms with Gasteiger partial charge in [0.15, 0.2) is 17.6 Å². The molecule has 1 aliphatic heterocycles. The van der Waals surface area contributed by atoms with Gasteiger partial charge in [0.2, 0.25) is 5.91 Å². The molecule has 1 aromatic carbocycles. The summed E-state index contributed by atoms with van der Waals surface area (Å²) < 4.78 is 24.0. The Morgan fingerprint density at radius 1 is 1.50 bits per heavy atom. The number of methoxy groups -OCH3 is 1. The van der Waals surface area contributed by atoms with E-state index in [2.05, 4.69) is 0 Å². The smallest absolute Gasteiger partial charge is 0.328 e. The summed E-state index contributed by atoms with van der Waals surface area (Å²) in [6, 6.07) is 3.76. The van der Waals surface area contributed by atoms with E-state index >= 15 is 0 Å². The first-order chi connectivity index (χ1) is 10.5. The average Bonchev–Trinajstić information content (AvgIpc) is 2.53. The molecule has 120 valence electrons. The molecule has 0 spiro atoms. The predicted octanol–water partition coefficient (Wildman–Crippen LogP) is 1.08. The Morgan fingerprint density at radius 2 is 2.27 bits per heavy atom. The Labute approximate surface area is 127 Å². The number of hydrogen-bond acceptors (Lipinski definition) is 4. The van der Waals surface area contributed by atoms with Crippen molar-refractivity contribution in [3.63, 3.8) is 0 Å². The highest BCUT2D eigenvalue weighted by atomic mass is 19.1. The van der Waals surface area contributed by atoms with Gasteiger partial charge in [-0.3, -0.25) is 4.79 Å². The molecule has 7 heteroatoms. The molecule has 1 aromatic rings. The van der Waals surface area contributed by atoms with E-state index in [9.17, 15) is 14.0 Å². The highest BCUT2D eigenvalue weighted by molar-refractivity contribution is 5.84. The number of ether oxygens (including phenoxy) is 2. The second kappa shape index (κ2) is 7.22. The third kappa shape index (κ3) is 3.54. The summed E-state index contributed by atoms with van der Waals surface area (Å²) in [6.07, 6.45) is 0.222. The van der Waals surface area contributed by atoms with Crippen LogP contribution in [0, 0.1) is 5.82 Å². The number of hydrogen-bond donors (Lipinski definition) is 1. The third-order valence-corrected chi connectivity index (χ3v) is 3.61. The fourth-order valence-electron chi connectivity index (χ4n) is 2.40. The lowest BCUT2D eigenvalue weighted by molar-refractivity contribution is -0.158. The number of aryl methyl sites for hydroxylation is 1. The van der Waals surface area contributed by atoms with E-state index in [4.69, 9.17) is 14.6 Å². The number of benzene rings is 1. The molecule has 1 aliphatic rings. The lowest BCUT2D eigenvalue weighted by atomic mass is 10.1. The van der Waals surface area contributed by atoms with E-state index in [1.807, 2.05) is 0 Å². The molecule has 1 N–H and O–H groups in total. The molecule has 0 bridgehead atoms. The quantitative estimate of drug-likeness (QED) is 0.880. The Morgan fingerprint density at radius 3 is 2.95 bits per heavy atom. The standard InChI is InChI=1S/C15H18FNO5/c1-21-12-4-2-3-10(14(12)16)5-6-13(18)17-7-8-22-9-11(17)15(19)20/h2-4,11H,5-9H2,1H3,(H,19,20). The maximum atomic E-state index is 14.0. The Kier molecular flexibility index (Phi) is 5.32. The van der Waals surface area contributed by atoms with Crippen LogP contribution in [0.25, 0.3) is 0 Å². The summed E-state index contributed by atoms with van der Waals surface area (Å²) in [5, 5.41) is 9.10. The summed E-state index contributed by atoms with van der Waals surface area (Å²) >= 11 is 0. The topological polar surface area (TPSA) is 76.1 Å². The molecule has 1 fully saturated rings. The number of carbonyl (C=O) groups excluding carboxylic acids is 1. The second-order valence-corrected chi connectivity index (χ2v) is 4.95. The zero-order valence-electron chi connectivity index (χ0n) is 12.3. The maximum Gasteiger partial charge on any atom is 0.328 e. The van der Waals surface area contributed by atoms with Crippen molar-refractivity contribution in [2.45, 2.75) is 18.9 Å². The summed E-state index contributed by atoms with van der Waals surface area (Å²) in [4.78, 5) is 24.6. The first-order valence-electron chi connectivity index (χ1n) is 6.96. The van der Waals surface area contributed by atoms with Gasteiger partial charge in [0.05, 0.1) is 20.3 Å². The normalized spacial score (nSPS) is 18.1. The van der Waals surface area contributed by atoms with Crippen molar-refractivity contribution in [3.8, 4) is 5.75 Å². The van der Waals surface area contributed by atoms with E-state index in [0.29, 0.717) is 12.2 Å². The molecule has 1 heterocycles. The Balaban J connectivity index is 2.01. The molecule has 0 radical (unpaired) electrons. The van der Waals surface area contributed by atoms with Gasteiger partial charge in [-0.1, -0.05) is 12.1 Å². The van der Waals surface area contributed by atoms with Crippen molar-refractivity contribution in [3.05, 3.63) is 29.6 Å². The van der Waals surface area contributed by atoms with Crippen LogP contribution in [-0.4, -0.2) is 54.8 Å². The number of carboxylic acids is 1. The van der Waals surface area contributed by atoms with Crippen LogP contribution in [0.1, 0.15) is 12.0 Å². The van der Waals surface area contributed by atoms with Crippen LogP contribution < -0.4 is 4.74 Å². The van der Waals surface area contributed by atoms with Gasteiger partial charge in [-0.2, -0.15) is 0 Å². The molecule has 1 amide bonds. The largest absolute Gasteiger partial charge is 0.494 e. The minimum atomic E-state index is -1.10. The molecule has 0 saturated carbocycles. The summed E-state index contributed by atoms with van der Waals surface area (Å²) in [7, 11) is 1.37. The molecular weight excluding hydrogens is 293 g/mol. The SMILES string of the molecule is COc1cccc(CCC(=O)N2CCOCC2C(=O)O)c1F. The minimum absolute atomic E-state index is 0.0193. The fourth-order valence-corrected chi connectivity index (χ4v) is 2.40. The van der Waals surface area contributed by atoms with Crippen molar-refractivity contribution in [1.82, 2.24) is 4.90 Å². The van der Waals surface area contributed by atoms with Crippen LogP contribution in [0.4, 0.5) is 4.39 Å². The van der Waals surface area contributed by atoms with Crippen LogP contribution in [-0.2, 0) is 20.7 Å². The van der Waals surface area contributed by atoms with Crippen molar-refractivity contribution in [2.75, 3.05) is 26.9 Å². The first-order valence-corrected chi connectivity index (χ1v) is 6.96. The first kappa shape index (κ1) is 16.2. The van der Waals surface area contributed by atoms with Crippen LogP contribution in [0.15, 0.2) is 18.2 Å². The third-order valence-electron chi connectivity index (χ3n) is 3.61. The van der Waals surface area contributed by atoms with Gasteiger partial charge in [0, 0.05) is 13.0 Å². The zero-order valence-corrected chi connectivity index (χ0v) is 12.3. The lowest BCUT2D eigenvalue weighted by Crippen LogP contribution is -2.52. The average molecular weight is 311 g/mol. The molecule has 1 saturated heterocycles. The molecule has 1 atom stereocenters. The monoisotopic (exact) mass is 311 g/mol. The van der Waals surface area contributed by atoms with Gasteiger partial charge in [-0.25, -0.2) is 9.18 Å². The van der Waals surface area contributed by atoms with Gasteiger partial charge in [-0.15, -0.1) is 0 Å². The van der Waals surface area contributed by atoms with E-state index < -0.39 is 17.8 Å². The summed E-state index contributed by atoms with van der Waals surface area (Å²) in [5.74, 6) is -1.78. The zero-order chi connectivity index (χ0) is 16.1. The molecule has 2 rings (SSSR count). The van der Waals surface area contributed by atoms with Crippen molar-refractivity contribution >= 4 is 11.9 Å². The second-order valence-electron chi connectivity index (χ2n) is 4.95. The van der Waals surface area contributed by atoms with Gasteiger partial charge in [0.1, 0.15) is 0 Å². The van der Waals surface area contributed by atoms with Crippen molar-refractivity contribution < 1.29 is 28.6 Å². The number of carbonyl (C=O) groups is 2. The number of amides is 1. The minimum Gasteiger partial charge on any atom is -0.494 e. The maximum absolute atomic E-state index is 14.0. The van der Waals surface area contributed by atoms with E-state index in [0.717, 1.165) is 0 Å². The van der Waals surface area contributed by atoms with Gasteiger partial charge >= 0.3 is 5.97 Å². The number of carboxylic acid groups (broad SMARTS) is 1. The van der Waals surface area contributed by atoms with Crippen molar-refractivity contribution in [1.29, 1.82) is 0 Å². The highest BCUT2D eigenvalue weighted by Crippen LogP contribution is 2.21. The van der Waals surface area contributed by atoms with Crippen LogP contribution in [0.5, 0.6) is 5.75 Å². The van der Waals surface area contributed by atoms with Crippen LogP contribution in [0.3, 0.4) is 0 Å². The van der Waals surface area contributed by atoms with E-state index in [1.54, 1.807) is 12.1 Å². The van der Waals surface area contributed by atoms with Crippen LogP contribution >= 0.6 is 0 Å². The summed E-state index contributed by atoms with van der Waals surface area (Å²) in [5.41, 5.74) is 0.368. The molecule has 22 heavy (non-hydrogen) atoms. The van der Waals surface area contributed by atoms with Gasteiger partial charge in [0.25, 0.3) is 0 Å². The molecule has 0 aromatic heterocycles. The Hall–Kier alpha value is -2.15. The fraction of sp³-hybridized carbons (Fsp3) is 0.467. The number of aliphatic carboxylic acids is 1. The summed E-state index contributed by atoms with van der Waals surface area (Å²) in [6.45, 7) is 0.522. The molecule has 0 aliphatic carbocycles.